The summed E-state index contributed by atoms with van der Waals surface area (Å²) < 4.78 is 8.14. The van der Waals surface area contributed by atoms with Crippen LogP contribution in [-0.2, 0) is 11.3 Å². The van der Waals surface area contributed by atoms with E-state index in [1.807, 2.05) is 24.3 Å². The molecule has 1 aliphatic heterocycles. The van der Waals surface area contributed by atoms with E-state index in [1.165, 1.54) is 18.5 Å². The molecule has 0 aromatic carbocycles. The van der Waals surface area contributed by atoms with Gasteiger partial charge < -0.3 is 15.0 Å². The summed E-state index contributed by atoms with van der Waals surface area (Å²) in [6, 6.07) is 0.0626. The Morgan fingerprint density at radius 1 is 1.67 bits per heavy atom. The lowest BCUT2D eigenvalue weighted by molar-refractivity contribution is 0.180. The molecule has 2 unspecified atom stereocenters. The first kappa shape index (κ1) is 12.5. The topological polar surface area (TPSA) is 53.1 Å². The summed E-state index contributed by atoms with van der Waals surface area (Å²) in [5, 5.41) is 0. The molecule has 1 aliphatic carbocycles. The largest absolute Gasteiger partial charge is 0.381 e. The van der Waals surface area contributed by atoms with E-state index in [0.29, 0.717) is 10.7 Å². The van der Waals surface area contributed by atoms with Gasteiger partial charge in [0.15, 0.2) is 0 Å². The molecule has 1 saturated carbocycles. The van der Waals surface area contributed by atoms with Gasteiger partial charge in [-0.25, -0.2) is 4.98 Å². The Labute approximate surface area is 112 Å². The van der Waals surface area contributed by atoms with E-state index in [0.717, 1.165) is 26.2 Å². The van der Waals surface area contributed by atoms with Crippen molar-refractivity contribution in [2.45, 2.75) is 36.6 Å². The number of nitrogens with two attached hydrogens (primary N) is 1. The first-order valence-corrected chi connectivity index (χ1v) is 7.85. The van der Waals surface area contributed by atoms with Gasteiger partial charge in [-0.05, 0) is 25.5 Å². The zero-order chi connectivity index (χ0) is 12.6. The highest BCUT2D eigenvalue weighted by atomic mass is 32.2. The molecule has 5 heteroatoms. The number of thioether (sulfide) groups is 1. The fourth-order valence-electron chi connectivity index (χ4n) is 2.69. The van der Waals surface area contributed by atoms with Crippen molar-refractivity contribution in [3.63, 3.8) is 0 Å². The van der Waals surface area contributed by atoms with Crippen LogP contribution in [0.2, 0.25) is 0 Å². The van der Waals surface area contributed by atoms with Crippen LogP contribution in [0, 0.1) is 5.92 Å². The monoisotopic (exact) mass is 267 g/mol. The molecule has 2 N–H and O–H groups in total. The normalized spacial score (nSPS) is 27.3. The summed E-state index contributed by atoms with van der Waals surface area (Å²) >= 11 is 1.97. The summed E-state index contributed by atoms with van der Waals surface area (Å²) in [6.45, 7) is 2.69. The van der Waals surface area contributed by atoms with Gasteiger partial charge in [-0.15, -0.1) is 0 Å². The van der Waals surface area contributed by atoms with Crippen LogP contribution < -0.4 is 5.73 Å². The average Bonchev–Trinajstić information content (AvgIpc) is 2.84. The standard InChI is InChI=1S/C13H21N3OS/c1-18-13(3-4-13)8-16-9-15-6-11(16)12(14)10-2-5-17-7-10/h6,9-10,12H,2-5,7-8,14H2,1H3. The molecule has 0 amide bonds. The van der Waals surface area contributed by atoms with Gasteiger partial charge in [0.1, 0.15) is 0 Å². The first-order chi connectivity index (χ1) is 8.74. The van der Waals surface area contributed by atoms with Gasteiger partial charge in [0.05, 0.1) is 24.7 Å². The zero-order valence-electron chi connectivity index (χ0n) is 10.8. The maximum Gasteiger partial charge on any atom is 0.0949 e. The Morgan fingerprint density at radius 3 is 3.11 bits per heavy atom. The molecule has 3 rings (SSSR count). The Balaban J connectivity index is 1.74. The summed E-state index contributed by atoms with van der Waals surface area (Å²) in [5.41, 5.74) is 7.55. The van der Waals surface area contributed by atoms with Crippen molar-refractivity contribution < 1.29 is 4.74 Å². The van der Waals surface area contributed by atoms with Crippen LogP contribution in [0.4, 0.5) is 0 Å². The first-order valence-electron chi connectivity index (χ1n) is 6.63. The summed E-state index contributed by atoms with van der Waals surface area (Å²) in [4.78, 5) is 4.29. The summed E-state index contributed by atoms with van der Waals surface area (Å²) in [7, 11) is 0. The molecule has 2 heterocycles. The van der Waals surface area contributed by atoms with E-state index in [1.54, 1.807) is 0 Å². The fraction of sp³-hybridized carbons (Fsp3) is 0.769. The molecular formula is C13H21N3OS. The van der Waals surface area contributed by atoms with Crippen molar-refractivity contribution in [2.75, 3.05) is 19.5 Å². The number of hydrogen-bond acceptors (Lipinski definition) is 4. The van der Waals surface area contributed by atoms with Crippen LogP contribution >= 0.6 is 11.8 Å². The lowest BCUT2D eigenvalue weighted by Gasteiger charge is -2.21. The Hall–Kier alpha value is -0.520. The molecule has 1 aromatic rings. The molecule has 2 atom stereocenters. The summed E-state index contributed by atoms with van der Waals surface area (Å²) in [5.74, 6) is 0.449. The predicted molar refractivity (Wildman–Crippen MR) is 73.6 cm³/mol. The highest BCUT2D eigenvalue weighted by molar-refractivity contribution is 8.00. The molecule has 0 spiro atoms. The minimum absolute atomic E-state index is 0.0626. The SMILES string of the molecule is CSC1(Cn2cncc2C(N)C2CCOC2)CC1. The number of ether oxygens (including phenoxy) is 1. The Kier molecular flexibility index (Phi) is 3.38. The van der Waals surface area contributed by atoms with Gasteiger partial charge in [-0.1, -0.05) is 0 Å². The third-order valence-corrected chi connectivity index (χ3v) is 5.66. The fourth-order valence-corrected chi connectivity index (χ4v) is 3.47. The van der Waals surface area contributed by atoms with Crippen LogP contribution in [-0.4, -0.2) is 33.8 Å². The van der Waals surface area contributed by atoms with E-state index in [-0.39, 0.29) is 6.04 Å². The van der Waals surface area contributed by atoms with E-state index in [4.69, 9.17) is 10.5 Å². The molecule has 2 fully saturated rings. The van der Waals surface area contributed by atoms with Crippen molar-refractivity contribution in [1.82, 2.24) is 9.55 Å². The molecular weight excluding hydrogens is 246 g/mol. The minimum atomic E-state index is 0.0626. The minimum Gasteiger partial charge on any atom is -0.381 e. The number of rotatable bonds is 5. The Bertz CT molecular complexity index is 410. The van der Waals surface area contributed by atoms with Crippen LogP contribution in [0.1, 0.15) is 31.0 Å². The van der Waals surface area contributed by atoms with Crippen LogP contribution in [0.5, 0.6) is 0 Å². The molecule has 0 bridgehead atoms. The lowest BCUT2D eigenvalue weighted by Crippen LogP contribution is -2.26. The maximum absolute atomic E-state index is 6.38. The predicted octanol–water partition coefficient (Wildman–Crippen LogP) is 1.81. The number of aromatic nitrogens is 2. The van der Waals surface area contributed by atoms with Crippen molar-refractivity contribution in [3.8, 4) is 0 Å². The third-order valence-electron chi connectivity index (χ3n) is 4.26. The second kappa shape index (κ2) is 4.87. The third kappa shape index (κ3) is 2.31. The van der Waals surface area contributed by atoms with E-state index in [2.05, 4.69) is 15.8 Å². The van der Waals surface area contributed by atoms with Crippen molar-refractivity contribution in [3.05, 3.63) is 18.2 Å². The molecule has 0 radical (unpaired) electrons. The number of hydrogen-bond donors (Lipinski definition) is 1. The smallest absolute Gasteiger partial charge is 0.0949 e. The van der Waals surface area contributed by atoms with Crippen molar-refractivity contribution in [1.29, 1.82) is 0 Å². The maximum atomic E-state index is 6.38. The summed E-state index contributed by atoms with van der Waals surface area (Å²) in [6.07, 6.45) is 9.76. The van der Waals surface area contributed by atoms with E-state index in [9.17, 15) is 0 Å². The Morgan fingerprint density at radius 2 is 2.50 bits per heavy atom. The van der Waals surface area contributed by atoms with Crippen molar-refractivity contribution in [2.24, 2.45) is 11.7 Å². The average molecular weight is 267 g/mol. The second-order valence-corrected chi connectivity index (χ2v) is 6.76. The van der Waals surface area contributed by atoms with Gasteiger partial charge in [-0.2, -0.15) is 11.8 Å². The highest BCUT2D eigenvalue weighted by Gasteiger charge is 2.42. The molecule has 100 valence electrons. The molecule has 1 saturated heterocycles. The van der Waals surface area contributed by atoms with E-state index < -0.39 is 0 Å². The lowest BCUT2D eigenvalue weighted by atomic mass is 9.97. The molecule has 1 aromatic heterocycles. The molecule has 18 heavy (non-hydrogen) atoms. The molecule has 2 aliphatic rings. The number of imidazole rings is 1. The van der Waals surface area contributed by atoms with E-state index >= 15 is 0 Å². The van der Waals surface area contributed by atoms with Gasteiger partial charge in [0.25, 0.3) is 0 Å². The highest BCUT2D eigenvalue weighted by Crippen LogP contribution is 2.48. The van der Waals surface area contributed by atoms with Gasteiger partial charge >= 0.3 is 0 Å². The van der Waals surface area contributed by atoms with Crippen LogP contribution in [0.15, 0.2) is 12.5 Å². The van der Waals surface area contributed by atoms with Gasteiger partial charge in [-0.3, -0.25) is 0 Å². The van der Waals surface area contributed by atoms with Gasteiger partial charge in [0, 0.05) is 30.0 Å². The van der Waals surface area contributed by atoms with Gasteiger partial charge in [0.2, 0.25) is 0 Å². The zero-order valence-corrected chi connectivity index (χ0v) is 11.7. The van der Waals surface area contributed by atoms with Crippen molar-refractivity contribution >= 4 is 11.8 Å². The second-order valence-electron chi connectivity index (χ2n) is 5.48. The number of nitrogens with zero attached hydrogens (tertiary/aromatic N) is 2. The van der Waals surface area contributed by atoms with Crippen LogP contribution in [0.25, 0.3) is 0 Å². The quantitative estimate of drug-likeness (QED) is 0.884. The molecule has 4 nitrogen and oxygen atoms in total. The van der Waals surface area contributed by atoms with Crippen LogP contribution in [0.3, 0.4) is 0 Å².